The lowest BCUT2D eigenvalue weighted by Crippen LogP contribution is -2.20. The number of fused-ring (bicyclic) bond motifs is 1. The number of rotatable bonds is 1. The standard InChI is InChI=1S/C12H9F3N2O2/c1-6-5-9(11(18)17-19)16-10-7(6)3-2-4-8(10)12(13,14)15/h2-5,19H,1H3,(H,17,18). The van der Waals surface area contributed by atoms with Gasteiger partial charge in [0.25, 0.3) is 5.91 Å². The van der Waals surface area contributed by atoms with Gasteiger partial charge in [-0.05, 0) is 24.6 Å². The van der Waals surface area contributed by atoms with Gasteiger partial charge >= 0.3 is 6.18 Å². The van der Waals surface area contributed by atoms with Crippen molar-refractivity contribution in [3.05, 3.63) is 41.1 Å². The van der Waals surface area contributed by atoms with Gasteiger partial charge in [-0.1, -0.05) is 12.1 Å². The Labute approximate surface area is 105 Å². The Bertz CT molecular complexity index is 653. The van der Waals surface area contributed by atoms with Crippen molar-refractivity contribution in [3.8, 4) is 0 Å². The number of aromatic nitrogens is 1. The highest BCUT2D eigenvalue weighted by atomic mass is 19.4. The van der Waals surface area contributed by atoms with Gasteiger partial charge in [0.05, 0.1) is 11.1 Å². The number of hydroxylamine groups is 1. The first kappa shape index (κ1) is 13.3. The molecule has 2 aromatic rings. The van der Waals surface area contributed by atoms with Gasteiger partial charge in [-0.25, -0.2) is 10.5 Å². The van der Waals surface area contributed by atoms with Crippen molar-refractivity contribution in [3.63, 3.8) is 0 Å². The molecule has 0 radical (unpaired) electrons. The fourth-order valence-electron chi connectivity index (χ4n) is 1.82. The van der Waals surface area contributed by atoms with Gasteiger partial charge in [-0.3, -0.25) is 10.0 Å². The molecule has 1 aromatic heterocycles. The third kappa shape index (κ3) is 2.37. The molecule has 0 bridgehead atoms. The number of carbonyl (C=O) groups excluding carboxylic acids is 1. The predicted octanol–water partition coefficient (Wildman–Crippen LogP) is 2.68. The summed E-state index contributed by atoms with van der Waals surface area (Å²) in [6.07, 6.45) is -4.56. The Hall–Kier alpha value is -2.15. The van der Waals surface area contributed by atoms with E-state index in [9.17, 15) is 18.0 Å². The summed E-state index contributed by atoms with van der Waals surface area (Å²) < 4.78 is 38.6. The highest BCUT2D eigenvalue weighted by Gasteiger charge is 2.33. The smallest absolute Gasteiger partial charge is 0.288 e. The van der Waals surface area contributed by atoms with E-state index in [1.807, 2.05) is 0 Å². The molecular formula is C12H9F3N2O2. The van der Waals surface area contributed by atoms with Crippen molar-refractivity contribution >= 4 is 16.8 Å². The fourth-order valence-corrected chi connectivity index (χ4v) is 1.82. The first-order chi connectivity index (χ1) is 8.84. The van der Waals surface area contributed by atoms with Crippen LogP contribution in [0.25, 0.3) is 10.9 Å². The second-order valence-electron chi connectivity index (χ2n) is 3.96. The molecule has 0 aliphatic rings. The zero-order chi connectivity index (χ0) is 14.2. The molecule has 1 aromatic carbocycles. The minimum atomic E-state index is -4.56. The van der Waals surface area contributed by atoms with Crippen molar-refractivity contribution in [2.45, 2.75) is 13.1 Å². The fraction of sp³-hybridized carbons (Fsp3) is 0.167. The Balaban J connectivity index is 2.80. The topological polar surface area (TPSA) is 62.2 Å². The number of nitrogens with zero attached hydrogens (tertiary/aromatic N) is 1. The number of benzene rings is 1. The summed E-state index contributed by atoms with van der Waals surface area (Å²) in [5.41, 5.74) is 0.315. The maximum atomic E-state index is 12.9. The molecule has 4 nitrogen and oxygen atoms in total. The van der Waals surface area contributed by atoms with Gasteiger partial charge in [0.2, 0.25) is 0 Å². The Kier molecular flexibility index (Phi) is 3.15. The average molecular weight is 270 g/mol. The molecule has 1 heterocycles. The van der Waals surface area contributed by atoms with Crippen LogP contribution in [0.15, 0.2) is 24.3 Å². The molecule has 2 N–H and O–H groups in total. The molecule has 0 saturated heterocycles. The van der Waals surface area contributed by atoms with E-state index in [1.54, 1.807) is 6.92 Å². The van der Waals surface area contributed by atoms with Crippen molar-refractivity contribution in [1.82, 2.24) is 10.5 Å². The van der Waals surface area contributed by atoms with Gasteiger partial charge in [0, 0.05) is 5.39 Å². The van der Waals surface area contributed by atoms with Crippen molar-refractivity contribution in [1.29, 1.82) is 0 Å². The van der Waals surface area contributed by atoms with Crippen molar-refractivity contribution in [2.75, 3.05) is 0 Å². The molecule has 0 spiro atoms. The maximum absolute atomic E-state index is 12.9. The van der Waals surface area contributed by atoms with Crippen LogP contribution in [-0.2, 0) is 6.18 Å². The lowest BCUT2D eigenvalue weighted by Gasteiger charge is -2.12. The van der Waals surface area contributed by atoms with Gasteiger partial charge in [-0.2, -0.15) is 13.2 Å². The Morgan fingerprint density at radius 1 is 1.37 bits per heavy atom. The third-order valence-corrected chi connectivity index (χ3v) is 2.69. The van der Waals surface area contributed by atoms with Gasteiger partial charge in [0.1, 0.15) is 5.69 Å². The summed E-state index contributed by atoms with van der Waals surface area (Å²) in [7, 11) is 0. The SMILES string of the molecule is Cc1cc(C(=O)NO)nc2c(C(F)(F)F)cccc12. The lowest BCUT2D eigenvalue weighted by molar-refractivity contribution is -0.136. The summed E-state index contributed by atoms with van der Waals surface area (Å²) in [6, 6.07) is 4.99. The number of aryl methyl sites for hydroxylation is 1. The normalized spacial score (nSPS) is 11.6. The van der Waals surface area contributed by atoms with Crippen LogP contribution in [0.3, 0.4) is 0 Å². The summed E-state index contributed by atoms with van der Waals surface area (Å²) in [5, 5.41) is 8.83. The highest BCUT2D eigenvalue weighted by Crippen LogP contribution is 2.34. The van der Waals surface area contributed by atoms with E-state index in [4.69, 9.17) is 5.21 Å². The summed E-state index contributed by atoms with van der Waals surface area (Å²) >= 11 is 0. The van der Waals surface area contributed by atoms with Crippen molar-refractivity contribution in [2.24, 2.45) is 0 Å². The highest BCUT2D eigenvalue weighted by molar-refractivity contribution is 5.96. The molecule has 0 saturated carbocycles. The Morgan fingerprint density at radius 2 is 2.05 bits per heavy atom. The zero-order valence-corrected chi connectivity index (χ0v) is 9.75. The molecule has 1 amide bonds. The minimum Gasteiger partial charge on any atom is -0.288 e. The van der Waals surface area contributed by atoms with Crippen LogP contribution in [0.1, 0.15) is 21.6 Å². The first-order valence-electron chi connectivity index (χ1n) is 5.26. The number of halogens is 3. The summed E-state index contributed by atoms with van der Waals surface area (Å²) in [4.78, 5) is 14.9. The molecule has 0 fully saturated rings. The predicted molar refractivity (Wildman–Crippen MR) is 60.7 cm³/mol. The van der Waals surface area contributed by atoms with Crippen LogP contribution >= 0.6 is 0 Å². The minimum absolute atomic E-state index is 0.274. The molecule has 0 aliphatic heterocycles. The number of nitrogens with one attached hydrogen (secondary N) is 1. The van der Waals surface area contributed by atoms with Crippen LogP contribution in [0.4, 0.5) is 13.2 Å². The van der Waals surface area contributed by atoms with Crippen LogP contribution in [0.5, 0.6) is 0 Å². The second-order valence-corrected chi connectivity index (χ2v) is 3.96. The van der Waals surface area contributed by atoms with E-state index in [2.05, 4.69) is 4.98 Å². The second kappa shape index (κ2) is 4.51. The number of pyridine rings is 1. The van der Waals surface area contributed by atoms with E-state index < -0.39 is 17.6 Å². The molecule has 100 valence electrons. The largest absolute Gasteiger partial charge is 0.418 e. The quantitative estimate of drug-likeness (QED) is 0.618. The van der Waals surface area contributed by atoms with E-state index in [0.29, 0.717) is 10.9 Å². The van der Waals surface area contributed by atoms with Gasteiger partial charge in [0.15, 0.2) is 0 Å². The molecule has 19 heavy (non-hydrogen) atoms. The number of para-hydroxylation sites is 1. The van der Waals surface area contributed by atoms with E-state index >= 15 is 0 Å². The van der Waals surface area contributed by atoms with Crippen LogP contribution in [-0.4, -0.2) is 16.1 Å². The Morgan fingerprint density at radius 3 is 2.63 bits per heavy atom. The average Bonchev–Trinajstić information content (AvgIpc) is 2.35. The van der Waals surface area contributed by atoms with Gasteiger partial charge in [-0.15, -0.1) is 0 Å². The van der Waals surface area contributed by atoms with Crippen LogP contribution < -0.4 is 5.48 Å². The maximum Gasteiger partial charge on any atom is 0.418 e. The summed E-state index contributed by atoms with van der Waals surface area (Å²) in [6.45, 7) is 1.57. The molecule has 0 aliphatic carbocycles. The molecule has 0 atom stereocenters. The number of alkyl halides is 3. The van der Waals surface area contributed by atoms with Gasteiger partial charge < -0.3 is 0 Å². The number of hydrogen-bond acceptors (Lipinski definition) is 3. The first-order valence-corrected chi connectivity index (χ1v) is 5.26. The third-order valence-electron chi connectivity index (χ3n) is 2.69. The number of amides is 1. The zero-order valence-electron chi connectivity index (χ0n) is 9.75. The lowest BCUT2D eigenvalue weighted by atomic mass is 10.0. The van der Waals surface area contributed by atoms with E-state index in [-0.39, 0.29) is 11.2 Å². The van der Waals surface area contributed by atoms with Crippen molar-refractivity contribution < 1.29 is 23.2 Å². The molecule has 2 rings (SSSR count). The molecule has 0 unspecified atom stereocenters. The van der Waals surface area contributed by atoms with Crippen LogP contribution in [0.2, 0.25) is 0 Å². The van der Waals surface area contributed by atoms with Crippen LogP contribution in [0, 0.1) is 6.92 Å². The van der Waals surface area contributed by atoms with E-state index in [0.717, 1.165) is 6.07 Å². The molecular weight excluding hydrogens is 261 g/mol. The molecule has 7 heteroatoms. The monoisotopic (exact) mass is 270 g/mol. The number of carbonyl (C=O) groups is 1. The summed E-state index contributed by atoms with van der Waals surface area (Å²) in [5.74, 6) is -0.957. The number of hydrogen-bond donors (Lipinski definition) is 2. The van der Waals surface area contributed by atoms with E-state index in [1.165, 1.54) is 23.7 Å².